The van der Waals surface area contributed by atoms with Crippen molar-refractivity contribution >= 4 is 23.0 Å². The van der Waals surface area contributed by atoms with E-state index in [-0.39, 0.29) is 11.8 Å². The summed E-state index contributed by atoms with van der Waals surface area (Å²) in [4.78, 5) is 16.1. The second-order valence-corrected chi connectivity index (χ2v) is 8.11. The van der Waals surface area contributed by atoms with Crippen molar-refractivity contribution in [3.05, 3.63) is 90.5 Å². The molecule has 0 unspecified atom stereocenters. The molecule has 2 aliphatic rings. The molecule has 0 aromatic heterocycles. The number of carbonyl (C=O) groups is 1. The van der Waals surface area contributed by atoms with E-state index in [4.69, 9.17) is 0 Å². The van der Waals surface area contributed by atoms with Crippen LogP contribution >= 0.6 is 0 Å². The van der Waals surface area contributed by atoms with Gasteiger partial charge in [0.25, 0.3) is 0 Å². The minimum Gasteiger partial charge on any atom is -0.382 e. The number of rotatable bonds is 3. The largest absolute Gasteiger partial charge is 0.382 e. The molecular weight excluding hydrogens is 356 g/mol. The lowest BCUT2D eigenvalue weighted by Crippen LogP contribution is -2.46. The van der Waals surface area contributed by atoms with Gasteiger partial charge in [0, 0.05) is 23.1 Å². The number of benzene rings is 3. The highest BCUT2D eigenvalue weighted by Crippen LogP contribution is 2.46. The third kappa shape index (κ3) is 3.31. The van der Waals surface area contributed by atoms with Gasteiger partial charge < -0.3 is 5.32 Å². The van der Waals surface area contributed by atoms with Crippen molar-refractivity contribution < 1.29 is 4.79 Å². The molecule has 3 nitrogen and oxygen atoms in total. The van der Waals surface area contributed by atoms with Crippen LogP contribution < -0.4 is 10.2 Å². The molecule has 29 heavy (non-hydrogen) atoms. The summed E-state index contributed by atoms with van der Waals surface area (Å²) in [5.74, 6) is 0.382. The number of nitrogens with zero attached hydrogens (tertiary/aromatic N) is 1. The summed E-state index contributed by atoms with van der Waals surface area (Å²) in [5.41, 5.74) is 4.10. The number of carbonyl (C=O) groups excluding carboxylic acids is 1. The topological polar surface area (TPSA) is 32.3 Å². The standard InChI is InChI=1S/C26H26N2O/c29-26(28(19-11-3-1-4-12-19)20-13-5-2-6-14-20)25-21-15-7-9-17-23(21)27-24-18-10-8-16-22(24)25/h1-7,9,11-15,17,22,24-25,27H,8,10,16,18H2/t22-,24+,25-/m1/s1. The predicted molar refractivity (Wildman–Crippen MR) is 119 cm³/mol. The SMILES string of the molecule is O=C([C@@H]1c2ccccc2N[C@H]2CCCC[C@H]21)N(c1ccccc1)c1ccccc1. The fraction of sp³-hybridized carbons (Fsp3) is 0.269. The fourth-order valence-corrected chi connectivity index (χ4v) is 5.08. The number of hydrogen-bond acceptors (Lipinski definition) is 2. The summed E-state index contributed by atoms with van der Waals surface area (Å²) < 4.78 is 0. The summed E-state index contributed by atoms with van der Waals surface area (Å²) in [5, 5.41) is 3.73. The van der Waals surface area contributed by atoms with E-state index in [0.29, 0.717) is 12.0 Å². The molecule has 3 aromatic carbocycles. The van der Waals surface area contributed by atoms with Gasteiger partial charge in [-0.15, -0.1) is 0 Å². The summed E-state index contributed by atoms with van der Waals surface area (Å²) in [6.07, 6.45) is 4.67. The second-order valence-electron chi connectivity index (χ2n) is 8.11. The van der Waals surface area contributed by atoms with Crippen molar-refractivity contribution in [2.45, 2.75) is 37.6 Å². The Kier molecular flexibility index (Phi) is 4.81. The number of fused-ring (bicyclic) bond motifs is 2. The Hall–Kier alpha value is -3.07. The predicted octanol–water partition coefficient (Wildman–Crippen LogP) is 6.12. The first kappa shape index (κ1) is 18.0. The zero-order chi connectivity index (χ0) is 19.6. The van der Waals surface area contributed by atoms with E-state index < -0.39 is 0 Å². The van der Waals surface area contributed by atoms with Crippen LogP contribution in [-0.2, 0) is 4.79 Å². The first-order valence-corrected chi connectivity index (χ1v) is 10.6. The van der Waals surface area contributed by atoms with E-state index in [0.717, 1.165) is 35.5 Å². The van der Waals surface area contributed by atoms with Crippen molar-refractivity contribution in [1.82, 2.24) is 0 Å². The van der Waals surface area contributed by atoms with Gasteiger partial charge in [-0.1, -0.05) is 67.4 Å². The molecule has 1 heterocycles. The van der Waals surface area contributed by atoms with Crippen LogP contribution in [0.5, 0.6) is 0 Å². The van der Waals surface area contributed by atoms with E-state index in [1.165, 1.54) is 12.8 Å². The minimum absolute atomic E-state index is 0.127. The van der Waals surface area contributed by atoms with Crippen LogP contribution in [0.4, 0.5) is 17.1 Å². The molecule has 1 N–H and O–H groups in total. The van der Waals surface area contributed by atoms with Crippen LogP contribution in [0.2, 0.25) is 0 Å². The molecule has 146 valence electrons. The van der Waals surface area contributed by atoms with Gasteiger partial charge in [-0.25, -0.2) is 0 Å². The monoisotopic (exact) mass is 382 g/mol. The van der Waals surface area contributed by atoms with Crippen LogP contribution in [0.3, 0.4) is 0 Å². The van der Waals surface area contributed by atoms with E-state index >= 15 is 0 Å². The first-order chi connectivity index (χ1) is 14.3. The molecule has 3 heteroatoms. The van der Waals surface area contributed by atoms with E-state index in [1.807, 2.05) is 65.6 Å². The Morgan fingerprint density at radius 3 is 2.03 bits per heavy atom. The molecule has 0 spiro atoms. The summed E-state index contributed by atoms with van der Waals surface area (Å²) in [6, 6.07) is 28.8. The van der Waals surface area contributed by atoms with Crippen molar-refractivity contribution in [3.63, 3.8) is 0 Å². The lowest BCUT2D eigenvalue weighted by atomic mass is 9.70. The maximum absolute atomic E-state index is 14.2. The molecular formula is C26H26N2O. The summed E-state index contributed by atoms with van der Waals surface area (Å²) in [6.45, 7) is 0. The fourth-order valence-electron chi connectivity index (χ4n) is 5.08. The molecule has 3 atom stereocenters. The molecule has 0 bridgehead atoms. The Bertz CT molecular complexity index is 946. The van der Waals surface area contributed by atoms with E-state index in [9.17, 15) is 4.79 Å². The molecule has 0 radical (unpaired) electrons. The maximum atomic E-state index is 14.2. The van der Waals surface area contributed by atoms with Crippen molar-refractivity contribution in [1.29, 1.82) is 0 Å². The third-order valence-corrected chi connectivity index (χ3v) is 6.40. The summed E-state index contributed by atoms with van der Waals surface area (Å²) >= 11 is 0. The van der Waals surface area contributed by atoms with E-state index in [1.54, 1.807) is 0 Å². The quantitative estimate of drug-likeness (QED) is 0.592. The van der Waals surface area contributed by atoms with Crippen LogP contribution in [0.1, 0.15) is 37.2 Å². The lowest BCUT2D eigenvalue weighted by molar-refractivity contribution is -0.121. The lowest BCUT2D eigenvalue weighted by Gasteiger charge is -2.44. The number of para-hydroxylation sites is 3. The van der Waals surface area contributed by atoms with Gasteiger partial charge in [0.2, 0.25) is 5.91 Å². The molecule has 0 saturated heterocycles. The smallest absolute Gasteiger partial charge is 0.239 e. The maximum Gasteiger partial charge on any atom is 0.239 e. The number of nitrogens with one attached hydrogen (secondary N) is 1. The van der Waals surface area contributed by atoms with E-state index in [2.05, 4.69) is 29.6 Å². The van der Waals surface area contributed by atoms with Gasteiger partial charge in [0.1, 0.15) is 0 Å². The highest BCUT2D eigenvalue weighted by atomic mass is 16.2. The van der Waals surface area contributed by atoms with Gasteiger partial charge >= 0.3 is 0 Å². The zero-order valence-electron chi connectivity index (χ0n) is 16.5. The minimum atomic E-state index is -0.127. The third-order valence-electron chi connectivity index (χ3n) is 6.40. The first-order valence-electron chi connectivity index (χ1n) is 10.6. The highest BCUT2D eigenvalue weighted by molar-refractivity contribution is 6.05. The molecule has 1 aliphatic heterocycles. The summed E-state index contributed by atoms with van der Waals surface area (Å²) in [7, 11) is 0. The van der Waals surface area contributed by atoms with Crippen LogP contribution in [0.15, 0.2) is 84.9 Å². The van der Waals surface area contributed by atoms with Gasteiger partial charge in [0.05, 0.1) is 5.92 Å². The second kappa shape index (κ2) is 7.75. The van der Waals surface area contributed by atoms with Gasteiger partial charge in [-0.05, 0) is 54.7 Å². The molecule has 1 saturated carbocycles. The van der Waals surface area contributed by atoms with Crippen molar-refractivity contribution in [2.24, 2.45) is 5.92 Å². The number of anilines is 3. The number of hydrogen-bond donors (Lipinski definition) is 1. The van der Waals surface area contributed by atoms with Gasteiger partial charge in [-0.2, -0.15) is 0 Å². The van der Waals surface area contributed by atoms with Crippen molar-refractivity contribution in [3.8, 4) is 0 Å². The average Bonchev–Trinajstić information content (AvgIpc) is 2.79. The van der Waals surface area contributed by atoms with Crippen LogP contribution in [0.25, 0.3) is 0 Å². The Morgan fingerprint density at radius 2 is 1.34 bits per heavy atom. The number of amides is 1. The van der Waals surface area contributed by atoms with Crippen LogP contribution in [-0.4, -0.2) is 11.9 Å². The highest BCUT2D eigenvalue weighted by Gasteiger charge is 2.43. The van der Waals surface area contributed by atoms with Crippen LogP contribution in [0, 0.1) is 5.92 Å². The average molecular weight is 383 g/mol. The Balaban J connectivity index is 1.62. The zero-order valence-corrected chi connectivity index (χ0v) is 16.5. The molecule has 3 aromatic rings. The Labute approximate surface area is 172 Å². The molecule has 5 rings (SSSR count). The van der Waals surface area contributed by atoms with Crippen molar-refractivity contribution in [2.75, 3.05) is 10.2 Å². The van der Waals surface area contributed by atoms with Gasteiger partial charge in [0.15, 0.2) is 0 Å². The molecule has 1 fully saturated rings. The molecule has 1 amide bonds. The van der Waals surface area contributed by atoms with Gasteiger partial charge in [-0.3, -0.25) is 9.69 Å². The molecule has 1 aliphatic carbocycles. The Morgan fingerprint density at radius 1 is 0.759 bits per heavy atom. The normalized spacial score (nSPS) is 22.7.